The van der Waals surface area contributed by atoms with Crippen molar-refractivity contribution in [1.29, 1.82) is 0 Å². The number of aryl methyl sites for hydroxylation is 2. The molecule has 0 spiro atoms. The maximum Gasteiger partial charge on any atom is 0.341 e. The minimum absolute atomic E-state index is 0.143. The van der Waals surface area contributed by atoms with Gasteiger partial charge in [0.25, 0.3) is 5.91 Å². The Balaban J connectivity index is 1.54. The Hall–Kier alpha value is -2.64. The Morgan fingerprint density at radius 1 is 1.12 bits per heavy atom. The molecule has 0 saturated heterocycles. The van der Waals surface area contributed by atoms with Crippen LogP contribution in [0.2, 0.25) is 0 Å². The van der Waals surface area contributed by atoms with Gasteiger partial charge in [0, 0.05) is 20.7 Å². The Labute approximate surface area is 195 Å². The molecule has 5 rings (SSSR count). The minimum Gasteiger partial charge on any atom is -0.497 e. The topological polar surface area (TPSA) is 64.6 Å². The molecule has 3 aromatic rings. The van der Waals surface area contributed by atoms with Gasteiger partial charge in [0.05, 0.1) is 19.8 Å². The third-order valence-corrected chi connectivity index (χ3v) is 8.66. The van der Waals surface area contributed by atoms with Gasteiger partial charge in [-0.15, -0.1) is 22.7 Å². The molecule has 1 N–H and O–H groups in total. The molecule has 0 radical (unpaired) electrons. The summed E-state index contributed by atoms with van der Waals surface area (Å²) in [6.45, 7) is 2.26. The van der Waals surface area contributed by atoms with Crippen LogP contribution < -0.4 is 10.1 Å². The lowest BCUT2D eigenvalue weighted by Gasteiger charge is -2.19. The Bertz CT molecular complexity index is 1220. The fourth-order valence-electron chi connectivity index (χ4n) is 4.76. The van der Waals surface area contributed by atoms with E-state index in [0.717, 1.165) is 65.0 Å². The minimum atomic E-state index is -0.428. The summed E-state index contributed by atoms with van der Waals surface area (Å²) >= 11 is 3.15. The predicted octanol–water partition coefficient (Wildman–Crippen LogP) is 5.75. The summed E-state index contributed by atoms with van der Waals surface area (Å²) in [5, 5.41) is 5.59. The quantitative estimate of drug-likeness (QED) is 0.497. The molecular weight excluding hydrogens is 442 g/mol. The highest BCUT2D eigenvalue weighted by molar-refractivity contribution is 7.17. The largest absolute Gasteiger partial charge is 0.497 e. The second kappa shape index (κ2) is 8.37. The number of hydrogen-bond acceptors (Lipinski definition) is 6. The first-order valence-corrected chi connectivity index (χ1v) is 12.5. The van der Waals surface area contributed by atoms with Gasteiger partial charge in [-0.1, -0.05) is 13.0 Å². The molecule has 0 unspecified atom stereocenters. The Kier molecular flexibility index (Phi) is 5.55. The van der Waals surface area contributed by atoms with Gasteiger partial charge in [0.15, 0.2) is 0 Å². The molecule has 0 aliphatic heterocycles. The number of rotatable bonds is 4. The number of anilines is 1. The van der Waals surface area contributed by atoms with E-state index in [-0.39, 0.29) is 5.91 Å². The third kappa shape index (κ3) is 3.53. The molecule has 5 nitrogen and oxygen atoms in total. The van der Waals surface area contributed by atoms with Crippen molar-refractivity contribution in [2.45, 2.75) is 39.0 Å². The van der Waals surface area contributed by atoms with Crippen LogP contribution in [0.1, 0.15) is 54.9 Å². The van der Waals surface area contributed by atoms with E-state index in [0.29, 0.717) is 16.5 Å². The van der Waals surface area contributed by atoms with E-state index < -0.39 is 5.97 Å². The summed E-state index contributed by atoms with van der Waals surface area (Å²) in [5.74, 6) is 0.885. The van der Waals surface area contributed by atoms with Gasteiger partial charge in [-0.05, 0) is 66.8 Å². The van der Waals surface area contributed by atoms with E-state index in [4.69, 9.17) is 9.47 Å². The van der Waals surface area contributed by atoms with Crippen LogP contribution >= 0.6 is 22.7 Å². The maximum atomic E-state index is 13.3. The smallest absolute Gasteiger partial charge is 0.341 e. The number of ether oxygens (including phenoxy) is 2. The molecule has 2 aliphatic carbocycles. The second-order valence-electron chi connectivity index (χ2n) is 8.47. The summed E-state index contributed by atoms with van der Waals surface area (Å²) in [6, 6.07) is 5.92. The second-order valence-corrected chi connectivity index (χ2v) is 10.5. The van der Waals surface area contributed by atoms with Crippen LogP contribution in [0, 0.1) is 5.92 Å². The van der Waals surface area contributed by atoms with E-state index in [1.54, 1.807) is 18.4 Å². The Morgan fingerprint density at radius 3 is 2.75 bits per heavy atom. The first kappa shape index (κ1) is 21.2. The highest BCUT2D eigenvalue weighted by Crippen LogP contribution is 2.46. The SMILES string of the molecule is COC(=O)c1c(NC(=O)c2csc3c2CC[C@H](C)C3)sc2c1-c1ccc(OC)cc1CC2. The lowest BCUT2D eigenvalue weighted by atomic mass is 9.88. The lowest BCUT2D eigenvalue weighted by molar-refractivity contribution is 0.0603. The fourth-order valence-corrected chi connectivity index (χ4v) is 7.20. The molecule has 7 heteroatoms. The molecule has 2 heterocycles. The predicted molar refractivity (Wildman–Crippen MR) is 129 cm³/mol. The summed E-state index contributed by atoms with van der Waals surface area (Å²) in [5.41, 5.74) is 5.38. The molecule has 0 fully saturated rings. The van der Waals surface area contributed by atoms with E-state index in [2.05, 4.69) is 12.2 Å². The molecule has 0 bridgehead atoms. The monoisotopic (exact) mass is 467 g/mol. The average Bonchev–Trinajstić information content (AvgIpc) is 3.38. The average molecular weight is 468 g/mol. The van der Waals surface area contributed by atoms with E-state index in [1.807, 2.05) is 23.6 Å². The number of carbonyl (C=O) groups excluding carboxylic acids is 2. The van der Waals surface area contributed by atoms with E-state index in [1.165, 1.54) is 28.9 Å². The maximum absolute atomic E-state index is 13.3. The van der Waals surface area contributed by atoms with Crippen LogP contribution in [0.4, 0.5) is 5.00 Å². The van der Waals surface area contributed by atoms with Crippen LogP contribution in [-0.4, -0.2) is 26.1 Å². The third-order valence-electron chi connectivity index (χ3n) is 6.45. The number of methoxy groups -OCH3 is 2. The summed E-state index contributed by atoms with van der Waals surface area (Å²) in [6.07, 6.45) is 4.75. The van der Waals surface area contributed by atoms with Crippen molar-refractivity contribution >= 4 is 39.6 Å². The van der Waals surface area contributed by atoms with E-state index in [9.17, 15) is 9.59 Å². The summed E-state index contributed by atoms with van der Waals surface area (Å²) in [7, 11) is 3.03. The van der Waals surface area contributed by atoms with Crippen LogP contribution in [0.25, 0.3) is 11.1 Å². The first-order chi connectivity index (χ1) is 15.5. The molecule has 1 amide bonds. The number of nitrogens with one attached hydrogen (secondary N) is 1. The number of fused-ring (bicyclic) bond motifs is 4. The summed E-state index contributed by atoms with van der Waals surface area (Å²) in [4.78, 5) is 28.5. The molecule has 32 heavy (non-hydrogen) atoms. The molecule has 2 aromatic heterocycles. The number of benzene rings is 1. The van der Waals surface area contributed by atoms with Gasteiger partial charge in [0.1, 0.15) is 16.3 Å². The van der Waals surface area contributed by atoms with Crippen molar-refractivity contribution < 1.29 is 19.1 Å². The van der Waals surface area contributed by atoms with Gasteiger partial charge >= 0.3 is 5.97 Å². The zero-order valence-corrected chi connectivity index (χ0v) is 20.0. The van der Waals surface area contributed by atoms with Gasteiger partial charge in [-0.3, -0.25) is 4.79 Å². The standard InChI is InChI=1S/C25H25NO4S2/c1-13-4-7-17-18(12-31-20(17)10-13)23(27)26-24-22(25(28)30-3)21-16-8-6-15(29-2)11-14(16)5-9-19(21)32-24/h6,8,11-13H,4-5,7,9-10H2,1-3H3,(H,26,27)/t13-/m0/s1. The molecule has 2 aliphatic rings. The van der Waals surface area contributed by atoms with Crippen molar-refractivity contribution in [2.24, 2.45) is 5.92 Å². The molecule has 166 valence electrons. The lowest BCUT2D eigenvalue weighted by Crippen LogP contribution is -2.17. The zero-order chi connectivity index (χ0) is 22.4. The number of hydrogen-bond donors (Lipinski definition) is 1. The van der Waals surface area contributed by atoms with Crippen molar-refractivity contribution in [3.05, 3.63) is 55.6 Å². The van der Waals surface area contributed by atoms with Gasteiger partial charge < -0.3 is 14.8 Å². The van der Waals surface area contributed by atoms with Crippen LogP contribution in [-0.2, 0) is 30.4 Å². The number of amides is 1. The van der Waals surface area contributed by atoms with Crippen LogP contribution in [0.5, 0.6) is 5.75 Å². The highest BCUT2D eigenvalue weighted by Gasteiger charge is 2.31. The zero-order valence-electron chi connectivity index (χ0n) is 18.4. The van der Waals surface area contributed by atoms with Crippen molar-refractivity contribution in [2.75, 3.05) is 19.5 Å². The van der Waals surface area contributed by atoms with Gasteiger partial charge in [-0.2, -0.15) is 0 Å². The molecule has 1 aromatic carbocycles. The molecule has 1 atom stereocenters. The number of thiophene rings is 2. The normalized spacial score (nSPS) is 16.5. The van der Waals surface area contributed by atoms with Gasteiger partial charge in [-0.25, -0.2) is 4.79 Å². The number of carbonyl (C=O) groups is 2. The Morgan fingerprint density at radius 2 is 1.97 bits per heavy atom. The van der Waals surface area contributed by atoms with E-state index >= 15 is 0 Å². The van der Waals surface area contributed by atoms with Crippen molar-refractivity contribution in [3.63, 3.8) is 0 Å². The summed E-state index contributed by atoms with van der Waals surface area (Å²) < 4.78 is 10.5. The fraction of sp³-hybridized carbons (Fsp3) is 0.360. The highest BCUT2D eigenvalue weighted by atomic mass is 32.1. The van der Waals surface area contributed by atoms with Crippen LogP contribution in [0.15, 0.2) is 23.6 Å². The number of esters is 1. The van der Waals surface area contributed by atoms with Crippen LogP contribution in [0.3, 0.4) is 0 Å². The van der Waals surface area contributed by atoms with Gasteiger partial charge in [0.2, 0.25) is 0 Å². The molecular formula is C25H25NO4S2. The molecule has 0 saturated carbocycles. The van der Waals surface area contributed by atoms with Crippen molar-refractivity contribution in [3.8, 4) is 16.9 Å². The first-order valence-electron chi connectivity index (χ1n) is 10.8. The van der Waals surface area contributed by atoms with Crippen molar-refractivity contribution in [1.82, 2.24) is 0 Å².